The third-order valence-electron chi connectivity index (χ3n) is 2.62. The summed E-state index contributed by atoms with van der Waals surface area (Å²) in [5.41, 5.74) is 2.16. The third kappa shape index (κ3) is 1.85. The van der Waals surface area contributed by atoms with Crippen molar-refractivity contribution < 1.29 is 4.74 Å². The molecule has 1 aromatic heterocycles. The average molecular weight is 281 g/mol. The average Bonchev–Trinajstić information content (AvgIpc) is 2.53. The zero-order valence-electron chi connectivity index (χ0n) is 9.49. The Morgan fingerprint density at radius 3 is 2.69 bits per heavy atom. The Morgan fingerprint density at radius 2 is 2.12 bits per heavy atom. The Bertz CT molecular complexity index is 520. The van der Waals surface area contributed by atoms with Gasteiger partial charge in [-0.15, -0.1) is 0 Å². The molecule has 0 N–H and O–H groups in total. The summed E-state index contributed by atoms with van der Waals surface area (Å²) in [4.78, 5) is 4.38. The molecule has 0 amide bonds. The number of aryl methyl sites for hydroxylation is 1. The monoisotopic (exact) mass is 280 g/mol. The van der Waals surface area contributed by atoms with Gasteiger partial charge in [0, 0.05) is 12.6 Å². The number of hydrogen-bond donors (Lipinski definition) is 0. The zero-order valence-corrected chi connectivity index (χ0v) is 11.1. The molecule has 0 aliphatic heterocycles. The highest BCUT2D eigenvalue weighted by atomic mass is 79.9. The number of rotatable bonds is 2. The van der Waals surface area contributed by atoms with E-state index in [-0.39, 0.29) is 0 Å². The molecular weight excluding hydrogens is 268 g/mol. The van der Waals surface area contributed by atoms with E-state index in [4.69, 9.17) is 4.74 Å². The number of hydrogen-bond acceptors (Lipinski definition) is 2. The molecule has 1 heterocycles. The number of halogens is 1. The van der Waals surface area contributed by atoms with Gasteiger partial charge >= 0.3 is 0 Å². The van der Waals surface area contributed by atoms with Gasteiger partial charge in [0.05, 0.1) is 12.8 Å². The van der Waals surface area contributed by atoms with Gasteiger partial charge in [-0.3, -0.25) is 0 Å². The van der Waals surface area contributed by atoms with Gasteiger partial charge in [-0.1, -0.05) is 12.1 Å². The van der Waals surface area contributed by atoms with Gasteiger partial charge in [0.2, 0.25) is 0 Å². The zero-order chi connectivity index (χ0) is 11.7. The highest BCUT2D eigenvalue weighted by Gasteiger charge is 2.12. The van der Waals surface area contributed by atoms with E-state index in [1.807, 2.05) is 38.2 Å². The summed E-state index contributed by atoms with van der Waals surface area (Å²) in [6, 6.07) is 7.95. The van der Waals surface area contributed by atoms with Gasteiger partial charge in [0.1, 0.15) is 16.2 Å². The van der Waals surface area contributed by atoms with E-state index in [0.717, 1.165) is 27.4 Å². The van der Waals surface area contributed by atoms with Gasteiger partial charge in [-0.25, -0.2) is 4.98 Å². The second kappa shape index (κ2) is 4.29. The minimum Gasteiger partial charge on any atom is -0.497 e. The Morgan fingerprint density at radius 1 is 1.38 bits per heavy atom. The van der Waals surface area contributed by atoms with Gasteiger partial charge in [0.25, 0.3) is 0 Å². The number of benzene rings is 1. The summed E-state index contributed by atoms with van der Waals surface area (Å²) in [6.45, 7) is 1.98. The van der Waals surface area contributed by atoms with Gasteiger partial charge in [0.15, 0.2) is 0 Å². The third-order valence-corrected chi connectivity index (χ3v) is 3.17. The molecule has 1 aromatic carbocycles. The van der Waals surface area contributed by atoms with Crippen molar-refractivity contribution in [2.24, 2.45) is 7.05 Å². The highest BCUT2D eigenvalue weighted by molar-refractivity contribution is 9.10. The van der Waals surface area contributed by atoms with Crippen molar-refractivity contribution in [2.75, 3.05) is 7.11 Å². The van der Waals surface area contributed by atoms with Crippen LogP contribution in [0.5, 0.6) is 5.75 Å². The standard InChI is InChI=1S/C12H13BrN2O/c1-8-14-12(13)11(15(8)2)9-5-4-6-10(7-9)16-3/h4-7H,1-3H3. The van der Waals surface area contributed by atoms with E-state index in [9.17, 15) is 0 Å². The lowest BCUT2D eigenvalue weighted by molar-refractivity contribution is 0.415. The Balaban J connectivity index is 2.58. The number of ether oxygens (including phenoxy) is 1. The van der Waals surface area contributed by atoms with E-state index >= 15 is 0 Å². The maximum absolute atomic E-state index is 5.22. The van der Waals surface area contributed by atoms with E-state index in [0.29, 0.717) is 0 Å². The fourth-order valence-electron chi connectivity index (χ4n) is 1.65. The van der Waals surface area contributed by atoms with Crippen LogP contribution >= 0.6 is 15.9 Å². The SMILES string of the molecule is COc1cccc(-c2c(Br)nc(C)n2C)c1. The molecule has 0 unspecified atom stereocenters. The summed E-state index contributed by atoms with van der Waals surface area (Å²) in [7, 11) is 3.67. The number of imidazole rings is 1. The molecule has 16 heavy (non-hydrogen) atoms. The van der Waals surface area contributed by atoms with E-state index < -0.39 is 0 Å². The molecule has 0 aliphatic carbocycles. The first-order valence-corrected chi connectivity index (χ1v) is 5.76. The van der Waals surface area contributed by atoms with Crippen molar-refractivity contribution in [3.05, 3.63) is 34.7 Å². The molecule has 0 aliphatic rings. The molecule has 84 valence electrons. The van der Waals surface area contributed by atoms with Crippen LogP contribution in [0, 0.1) is 6.92 Å². The van der Waals surface area contributed by atoms with E-state index in [1.54, 1.807) is 7.11 Å². The van der Waals surface area contributed by atoms with E-state index in [1.165, 1.54) is 0 Å². The fourth-order valence-corrected chi connectivity index (χ4v) is 2.40. The number of nitrogens with zero attached hydrogens (tertiary/aromatic N) is 2. The molecule has 0 saturated heterocycles. The second-order valence-electron chi connectivity index (χ2n) is 3.59. The van der Waals surface area contributed by atoms with Crippen molar-refractivity contribution >= 4 is 15.9 Å². The van der Waals surface area contributed by atoms with Crippen molar-refractivity contribution in [1.29, 1.82) is 0 Å². The van der Waals surface area contributed by atoms with Gasteiger partial charge in [-0.05, 0) is 35.0 Å². The van der Waals surface area contributed by atoms with Crippen LogP contribution in [0.2, 0.25) is 0 Å². The Labute approximate surface area is 103 Å². The van der Waals surface area contributed by atoms with Crippen LogP contribution in [-0.2, 0) is 7.05 Å². The number of aromatic nitrogens is 2. The van der Waals surface area contributed by atoms with Crippen molar-refractivity contribution in [2.45, 2.75) is 6.92 Å². The van der Waals surface area contributed by atoms with Crippen molar-refractivity contribution in [3.8, 4) is 17.0 Å². The summed E-state index contributed by atoms with van der Waals surface area (Å²) in [6.07, 6.45) is 0. The first-order valence-electron chi connectivity index (χ1n) is 4.96. The summed E-state index contributed by atoms with van der Waals surface area (Å²) in [5, 5.41) is 0. The van der Waals surface area contributed by atoms with Crippen molar-refractivity contribution in [1.82, 2.24) is 9.55 Å². The molecule has 0 bridgehead atoms. The van der Waals surface area contributed by atoms with Crippen LogP contribution in [0.4, 0.5) is 0 Å². The first-order chi connectivity index (χ1) is 7.63. The summed E-state index contributed by atoms with van der Waals surface area (Å²) >= 11 is 3.48. The quantitative estimate of drug-likeness (QED) is 0.845. The molecular formula is C12H13BrN2O. The highest BCUT2D eigenvalue weighted by Crippen LogP contribution is 2.30. The van der Waals surface area contributed by atoms with Crippen LogP contribution in [0.25, 0.3) is 11.3 Å². The van der Waals surface area contributed by atoms with Gasteiger partial charge in [-0.2, -0.15) is 0 Å². The maximum atomic E-state index is 5.22. The van der Waals surface area contributed by atoms with Crippen molar-refractivity contribution in [3.63, 3.8) is 0 Å². The molecule has 4 heteroatoms. The molecule has 0 fully saturated rings. The minimum atomic E-state index is 0.850. The Hall–Kier alpha value is -1.29. The smallest absolute Gasteiger partial charge is 0.132 e. The molecule has 2 aromatic rings. The second-order valence-corrected chi connectivity index (χ2v) is 4.34. The van der Waals surface area contributed by atoms with Crippen LogP contribution in [0.3, 0.4) is 0 Å². The van der Waals surface area contributed by atoms with Crippen LogP contribution < -0.4 is 4.74 Å². The lowest BCUT2D eigenvalue weighted by atomic mass is 10.1. The molecule has 0 spiro atoms. The summed E-state index contributed by atoms with van der Waals surface area (Å²) < 4.78 is 8.13. The Kier molecular flexibility index (Phi) is 3.01. The molecule has 2 rings (SSSR count). The van der Waals surface area contributed by atoms with Crippen LogP contribution in [0.15, 0.2) is 28.9 Å². The molecule has 3 nitrogen and oxygen atoms in total. The molecule has 0 saturated carbocycles. The number of methoxy groups -OCH3 is 1. The minimum absolute atomic E-state index is 0.850. The lowest BCUT2D eigenvalue weighted by Crippen LogP contribution is -1.94. The summed E-state index contributed by atoms with van der Waals surface area (Å²) in [5.74, 6) is 1.83. The van der Waals surface area contributed by atoms with Crippen LogP contribution in [-0.4, -0.2) is 16.7 Å². The molecule has 0 radical (unpaired) electrons. The topological polar surface area (TPSA) is 27.1 Å². The largest absolute Gasteiger partial charge is 0.497 e. The molecule has 0 atom stereocenters. The van der Waals surface area contributed by atoms with Gasteiger partial charge < -0.3 is 9.30 Å². The lowest BCUT2D eigenvalue weighted by Gasteiger charge is -2.06. The van der Waals surface area contributed by atoms with E-state index in [2.05, 4.69) is 25.5 Å². The fraction of sp³-hybridized carbons (Fsp3) is 0.250. The maximum Gasteiger partial charge on any atom is 0.132 e. The first kappa shape index (κ1) is 11.2. The predicted octanol–water partition coefficient (Wildman–Crippen LogP) is 3.17. The predicted molar refractivity (Wildman–Crippen MR) is 67.6 cm³/mol. The normalized spacial score (nSPS) is 10.5. The van der Waals surface area contributed by atoms with Crippen LogP contribution in [0.1, 0.15) is 5.82 Å².